The van der Waals surface area contributed by atoms with Gasteiger partial charge in [-0.05, 0) is 45.5 Å². The van der Waals surface area contributed by atoms with Gasteiger partial charge < -0.3 is 0 Å². The summed E-state index contributed by atoms with van der Waals surface area (Å²) in [4.78, 5) is 10.1. The molecule has 2 nitrogen and oxygen atoms in total. The van der Waals surface area contributed by atoms with Crippen LogP contribution in [0.5, 0.6) is 0 Å². The smallest absolute Gasteiger partial charge is 0.160 e. The van der Waals surface area contributed by atoms with Gasteiger partial charge in [0.1, 0.15) is 0 Å². The van der Waals surface area contributed by atoms with E-state index >= 15 is 0 Å². The van der Waals surface area contributed by atoms with E-state index in [0.717, 1.165) is 33.9 Å². The van der Waals surface area contributed by atoms with Crippen molar-refractivity contribution in [2.24, 2.45) is 0 Å². The minimum Gasteiger partial charge on any atom is -0.228 e. The molecule has 0 fully saturated rings. The molecule has 6 aromatic rings. The molecule has 0 N–H and O–H groups in total. The normalized spacial score (nSPS) is 13.1. The zero-order valence-electron chi connectivity index (χ0n) is 22.1. The molecule has 1 aliphatic carbocycles. The first kappa shape index (κ1) is 23.3. The molecule has 0 radical (unpaired) electrons. The van der Waals surface area contributed by atoms with E-state index in [9.17, 15) is 0 Å². The van der Waals surface area contributed by atoms with Gasteiger partial charge >= 0.3 is 0 Å². The maximum atomic E-state index is 5.06. The summed E-state index contributed by atoms with van der Waals surface area (Å²) in [5.41, 5.74) is 12.8. The Morgan fingerprint density at radius 1 is 0.436 bits per heavy atom. The summed E-state index contributed by atoms with van der Waals surface area (Å²) >= 11 is 0. The molecule has 0 bridgehead atoms. The van der Waals surface area contributed by atoms with Crippen LogP contribution >= 0.6 is 0 Å². The van der Waals surface area contributed by atoms with Gasteiger partial charge in [-0.25, -0.2) is 9.97 Å². The second-order valence-electron chi connectivity index (χ2n) is 10.7. The highest BCUT2D eigenvalue weighted by atomic mass is 14.9. The number of hydrogen-bond acceptors (Lipinski definition) is 2. The average molecular weight is 501 g/mol. The van der Waals surface area contributed by atoms with Crippen LogP contribution in [0.25, 0.3) is 56.2 Å². The molecule has 0 saturated heterocycles. The molecule has 1 aliphatic rings. The summed E-state index contributed by atoms with van der Waals surface area (Å²) in [6.45, 7) is 4.67. The minimum absolute atomic E-state index is 0.0806. The van der Waals surface area contributed by atoms with Crippen LogP contribution < -0.4 is 0 Å². The summed E-state index contributed by atoms with van der Waals surface area (Å²) < 4.78 is 0. The van der Waals surface area contributed by atoms with Gasteiger partial charge in [0, 0.05) is 22.1 Å². The summed E-state index contributed by atoms with van der Waals surface area (Å²) in [5, 5.41) is 0. The van der Waals surface area contributed by atoms with Crippen molar-refractivity contribution < 1.29 is 0 Å². The highest BCUT2D eigenvalue weighted by molar-refractivity contribution is 5.88. The molecule has 0 atom stereocenters. The van der Waals surface area contributed by atoms with Crippen LogP contribution in [0.2, 0.25) is 0 Å². The zero-order valence-corrected chi connectivity index (χ0v) is 22.1. The van der Waals surface area contributed by atoms with E-state index in [2.05, 4.69) is 135 Å². The standard InChI is InChI=1S/C37H28N2/c1-37(2)32-22-10-9-19-30(32)31-21-12-20-29(35(31)37)27-17-11-18-28(23-27)36-38-33(25-13-5-3-6-14-25)24-34(39-36)26-15-7-4-8-16-26/h3-24H,1-2H3. The Labute approximate surface area is 229 Å². The molecule has 0 amide bonds. The van der Waals surface area contributed by atoms with Crippen molar-refractivity contribution in [1.82, 2.24) is 9.97 Å². The summed E-state index contributed by atoms with van der Waals surface area (Å²) in [6, 6.07) is 46.9. The predicted octanol–water partition coefficient (Wildman–Crippen LogP) is 9.45. The maximum absolute atomic E-state index is 5.06. The van der Waals surface area contributed by atoms with E-state index in [-0.39, 0.29) is 5.41 Å². The number of hydrogen-bond donors (Lipinski definition) is 0. The van der Waals surface area contributed by atoms with Crippen molar-refractivity contribution in [2.75, 3.05) is 0 Å². The van der Waals surface area contributed by atoms with E-state index in [4.69, 9.17) is 9.97 Å². The molecule has 1 aromatic heterocycles. The molecule has 5 aromatic carbocycles. The number of fused-ring (bicyclic) bond motifs is 3. The number of aromatic nitrogens is 2. The predicted molar refractivity (Wildman–Crippen MR) is 161 cm³/mol. The summed E-state index contributed by atoms with van der Waals surface area (Å²) in [7, 11) is 0. The Hall–Kier alpha value is -4.82. The van der Waals surface area contributed by atoms with Gasteiger partial charge in [-0.1, -0.05) is 135 Å². The molecule has 0 aliphatic heterocycles. The summed E-state index contributed by atoms with van der Waals surface area (Å²) in [5.74, 6) is 0.729. The fraction of sp³-hybridized carbons (Fsp3) is 0.0811. The van der Waals surface area contributed by atoms with Crippen LogP contribution in [0.1, 0.15) is 25.0 Å². The second kappa shape index (κ2) is 9.18. The average Bonchev–Trinajstić information content (AvgIpc) is 3.24. The van der Waals surface area contributed by atoms with Crippen LogP contribution in [0.15, 0.2) is 133 Å². The first-order valence-electron chi connectivity index (χ1n) is 13.4. The van der Waals surface area contributed by atoms with Gasteiger partial charge in [-0.15, -0.1) is 0 Å². The lowest BCUT2D eigenvalue weighted by molar-refractivity contribution is 0.662. The van der Waals surface area contributed by atoms with Crippen molar-refractivity contribution >= 4 is 0 Å². The molecule has 0 spiro atoms. The van der Waals surface area contributed by atoms with Crippen LogP contribution in [0.4, 0.5) is 0 Å². The van der Waals surface area contributed by atoms with Crippen molar-refractivity contribution in [3.05, 3.63) is 145 Å². The highest BCUT2D eigenvalue weighted by Gasteiger charge is 2.37. The van der Waals surface area contributed by atoms with Gasteiger partial charge in [0.15, 0.2) is 5.82 Å². The Morgan fingerprint density at radius 3 is 1.64 bits per heavy atom. The van der Waals surface area contributed by atoms with Gasteiger partial charge in [0.05, 0.1) is 11.4 Å². The number of benzene rings is 5. The fourth-order valence-corrected chi connectivity index (χ4v) is 6.00. The van der Waals surface area contributed by atoms with Crippen LogP contribution in [0.3, 0.4) is 0 Å². The third-order valence-electron chi connectivity index (χ3n) is 7.88. The zero-order chi connectivity index (χ0) is 26.4. The van der Waals surface area contributed by atoms with Gasteiger partial charge in [-0.3, -0.25) is 0 Å². The monoisotopic (exact) mass is 500 g/mol. The first-order valence-corrected chi connectivity index (χ1v) is 13.4. The quantitative estimate of drug-likeness (QED) is 0.241. The molecule has 0 unspecified atom stereocenters. The Bertz CT molecular complexity index is 1760. The maximum Gasteiger partial charge on any atom is 0.160 e. The van der Waals surface area contributed by atoms with Crippen molar-refractivity contribution in [3.8, 4) is 56.2 Å². The third kappa shape index (κ3) is 3.97. The number of nitrogens with zero attached hydrogens (tertiary/aromatic N) is 2. The third-order valence-corrected chi connectivity index (χ3v) is 7.88. The van der Waals surface area contributed by atoms with Crippen LogP contribution in [-0.4, -0.2) is 9.97 Å². The Balaban J connectivity index is 1.39. The topological polar surface area (TPSA) is 25.8 Å². The molecular formula is C37H28N2. The van der Waals surface area contributed by atoms with Gasteiger partial charge in [0.2, 0.25) is 0 Å². The lowest BCUT2D eigenvalue weighted by Gasteiger charge is -2.24. The van der Waals surface area contributed by atoms with Gasteiger partial charge in [-0.2, -0.15) is 0 Å². The molecule has 7 rings (SSSR count). The molecule has 1 heterocycles. The van der Waals surface area contributed by atoms with E-state index in [1.165, 1.54) is 33.4 Å². The van der Waals surface area contributed by atoms with Crippen LogP contribution in [-0.2, 0) is 5.41 Å². The number of rotatable bonds is 4. The van der Waals surface area contributed by atoms with E-state index < -0.39 is 0 Å². The summed E-state index contributed by atoms with van der Waals surface area (Å²) in [6.07, 6.45) is 0. The SMILES string of the molecule is CC1(C)c2ccccc2-c2cccc(-c3cccc(-c4nc(-c5ccccc5)cc(-c5ccccc5)n4)c3)c21. The molecule has 2 heteroatoms. The van der Waals surface area contributed by atoms with Crippen molar-refractivity contribution in [3.63, 3.8) is 0 Å². The molecule has 39 heavy (non-hydrogen) atoms. The van der Waals surface area contributed by atoms with E-state index in [1.807, 2.05) is 12.1 Å². The first-order chi connectivity index (χ1) is 19.1. The largest absolute Gasteiger partial charge is 0.228 e. The van der Waals surface area contributed by atoms with Crippen molar-refractivity contribution in [2.45, 2.75) is 19.3 Å². The van der Waals surface area contributed by atoms with Crippen molar-refractivity contribution in [1.29, 1.82) is 0 Å². The highest BCUT2D eigenvalue weighted by Crippen LogP contribution is 2.52. The molecular weight excluding hydrogens is 472 g/mol. The molecule has 186 valence electrons. The molecule has 0 saturated carbocycles. The Kier molecular flexibility index (Phi) is 5.49. The van der Waals surface area contributed by atoms with Crippen LogP contribution in [0, 0.1) is 0 Å². The van der Waals surface area contributed by atoms with E-state index in [1.54, 1.807) is 0 Å². The minimum atomic E-state index is -0.0806. The van der Waals surface area contributed by atoms with Gasteiger partial charge in [0.25, 0.3) is 0 Å². The lowest BCUT2D eigenvalue weighted by Crippen LogP contribution is -2.16. The lowest BCUT2D eigenvalue weighted by atomic mass is 9.79. The fourth-order valence-electron chi connectivity index (χ4n) is 6.00. The van der Waals surface area contributed by atoms with E-state index in [0.29, 0.717) is 0 Å². The second-order valence-corrected chi connectivity index (χ2v) is 10.7. The Morgan fingerprint density at radius 2 is 0.949 bits per heavy atom.